The van der Waals surface area contributed by atoms with Gasteiger partial charge in [-0.1, -0.05) is 81.9 Å². The average molecular weight is 629 g/mol. The third kappa shape index (κ3) is 10.4. The topological polar surface area (TPSA) is 86.8 Å². The molecule has 1 saturated heterocycles. The lowest BCUT2D eigenvalue weighted by molar-refractivity contribution is -0.147. The lowest BCUT2D eigenvalue weighted by Crippen LogP contribution is -2.47. The van der Waals surface area contributed by atoms with Crippen LogP contribution in [0.4, 0.5) is 0 Å². The maximum Gasteiger partial charge on any atom is 0.330 e. The van der Waals surface area contributed by atoms with Crippen molar-refractivity contribution >= 4 is 14.3 Å². The number of aliphatic hydroxyl groups excluding tert-OH is 1. The van der Waals surface area contributed by atoms with E-state index >= 15 is 0 Å². The molecule has 2 bridgehead atoms. The third-order valence-electron chi connectivity index (χ3n) is 9.66. The van der Waals surface area contributed by atoms with Gasteiger partial charge in [0.2, 0.25) is 0 Å². The van der Waals surface area contributed by atoms with Crippen LogP contribution in [0.5, 0.6) is 0 Å². The van der Waals surface area contributed by atoms with Crippen molar-refractivity contribution in [2.45, 2.75) is 147 Å². The smallest absolute Gasteiger partial charge is 0.330 e. The first-order valence-electron chi connectivity index (χ1n) is 16.5. The molecular weight excluding hydrogens is 572 g/mol. The minimum atomic E-state index is -2.27. The molecule has 44 heavy (non-hydrogen) atoms. The van der Waals surface area contributed by atoms with Gasteiger partial charge in [0.05, 0.1) is 37.1 Å². The quantitative estimate of drug-likeness (QED) is 0.150. The second kappa shape index (κ2) is 15.2. The Morgan fingerprint density at radius 1 is 1.11 bits per heavy atom. The van der Waals surface area contributed by atoms with E-state index in [1.54, 1.807) is 0 Å². The largest absolute Gasteiger partial charge is 0.456 e. The first kappa shape index (κ1) is 35.0. The zero-order valence-corrected chi connectivity index (χ0v) is 29.0. The van der Waals surface area contributed by atoms with Crippen LogP contribution in [0, 0.1) is 5.92 Å². The van der Waals surface area contributed by atoms with E-state index in [1.165, 1.54) is 11.6 Å². The fourth-order valence-electron chi connectivity index (χ4n) is 6.07. The summed E-state index contributed by atoms with van der Waals surface area (Å²) in [4.78, 5) is 13.3. The van der Waals surface area contributed by atoms with Gasteiger partial charge in [0.1, 0.15) is 18.3 Å². The highest BCUT2D eigenvalue weighted by Gasteiger charge is 2.48. The minimum Gasteiger partial charge on any atom is -0.456 e. The number of hydrogen-bond donors (Lipinski definition) is 1. The zero-order valence-electron chi connectivity index (χ0n) is 28.0. The molecule has 4 aliphatic rings. The normalized spacial score (nSPS) is 36.0. The van der Waals surface area contributed by atoms with E-state index in [9.17, 15) is 9.90 Å². The van der Waals surface area contributed by atoms with E-state index in [0.29, 0.717) is 31.8 Å². The van der Waals surface area contributed by atoms with Crippen molar-refractivity contribution < 1.29 is 33.3 Å². The van der Waals surface area contributed by atoms with Gasteiger partial charge in [0.15, 0.2) is 8.32 Å². The van der Waals surface area contributed by atoms with Gasteiger partial charge in [-0.2, -0.15) is 0 Å². The molecule has 0 amide bonds. The average Bonchev–Trinajstić information content (AvgIpc) is 3.69. The minimum absolute atomic E-state index is 0.0448. The highest BCUT2D eigenvalue weighted by atomic mass is 28.4. The molecule has 0 spiro atoms. The molecule has 0 saturated carbocycles. The molecule has 0 aromatic carbocycles. The van der Waals surface area contributed by atoms with Gasteiger partial charge in [-0.05, 0) is 69.5 Å². The number of fused-ring (bicyclic) bond motifs is 3. The summed E-state index contributed by atoms with van der Waals surface area (Å²) in [7, 11) is -2.27. The molecule has 7 nitrogen and oxygen atoms in total. The zero-order chi connectivity index (χ0) is 32.1. The van der Waals surface area contributed by atoms with Crippen molar-refractivity contribution in [2.75, 3.05) is 6.61 Å². The van der Waals surface area contributed by atoms with E-state index in [4.69, 9.17) is 23.4 Å². The highest BCUT2D eigenvalue weighted by molar-refractivity contribution is 6.74. The van der Waals surface area contributed by atoms with Crippen LogP contribution in [-0.4, -0.2) is 74.8 Å². The van der Waals surface area contributed by atoms with Crippen molar-refractivity contribution in [3.8, 4) is 0 Å². The summed E-state index contributed by atoms with van der Waals surface area (Å²) >= 11 is 0. The molecule has 1 unspecified atom stereocenters. The number of hydrogen-bond acceptors (Lipinski definition) is 7. The summed E-state index contributed by atoms with van der Waals surface area (Å²) in [6.45, 7) is 20.2. The van der Waals surface area contributed by atoms with Crippen molar-refractivity contribution in [1.29, 1.82) is 0 Å². The molecule has 0 aliphatic carbocycles. The fourth-order valence-corrected chi connectivity index (χ4v) is 7.34. The van der Waals surface area contributed by atoms with Crippen LogP contribution in [0.1, 0.15) is 79.6 Å². The van der Waals surface area contributed by atoms with Crippen LogP contribution in [0.3, 0.4) is 0 Å². The predicted molar refractivity (Wildman–Crippen MR) is 177 cm³/mol. The van der Waals surface area contributed by atoms with E-state index in [-0.39, 0.29) is 35.6 Å². The Kier molecular flexibility index (Phi) is 12.1. The summed E-state index contributed by atoms with van der Waals surface area (Å²) < 4.78 is 31.4. The Hall–Kier alpha value is -1.81. The molecule has 246 valence electrons. The van der Waals surface area contributed by atoms with Gasteiger partial charge in [-0.3, -0.25) is 0 Å². The number of ether oxygens (including phenoxy) is 4. The molecule has 4 heterocycles. The molecule has 0 radical (unpaired) electrons. The monoisotopic (exact) mass is 628 g/mol. The van der Waals surface area contributed by atoms with Crippen LogP contribution in [0.25, 0.3) is 0 Å². The van der Waals surface area contributed by atoms with E-state index < -0.39 is 32.6 Å². The summed E-state index contributed by atoms with van der Waals surface area (Å²) in [5, 5.41) is 11.0. The first-order valence-corrected chi connectivity index (χ1v) is 19.4. The van der Waals surface area contributed by atoms with Gasteiger partial charge >= 0.3 is 5.97 Å². The molecule has 8 heteroatoms. The van der Waals surface area contributed by atoms with Crippen molar-refractivity contribution in [2.24, 2.45) is 5.92 Å². The van der Waals surface area contributed by atoms with Crippen LogP contribution in [0.2, 0.25) is 18.1 Å². The van der Waals surface area contributed by atoms with Gasteiger partial charge < -0.3 is 28.5 Å². The summed E-state index contributed by atoms with van der Waals surface area (Å²) in [5.41, 5.74) is 2.32. The van der Waals surface area contributed by atoms with Crippen LogP contribution >= 0.6 is 0 Å². The van der Waals surface area contributed by atoms with Gasteiger partial charge in [0, 0.05) is 12.5 Å². The van der Waals surface area contributed by atoms with Crippen LogP contribution in [0.15, 0.2) is 60.3 Å². The molecular formula is C36H56O7Si. The lowest BCUT2D eigenvalue weighted by Gasteiger charge is -2.40. The summed E-state index contributed by atoms with van der Waals surface area (Å²) in [6, 6.07) is 0. The Balaban J connectivity index is 1.59. The number of cyclic esters (lactones) is 1. The van der Waals surface area contributed by atoms with Gasteiger partial charge in [-0.25, -0.2) is 4.79 Å². The Morgan fingerprint density at radius 3 is 2.61 bits per heavy atom. The van der Waals surface area contributed by atoms with E-state index in [0.717, 1.165) is 31.3 Å². The van der Waals surface area contributed by atoms with Crippen LogP contribution < -0.4 is 0 Å². The molecule has 9 atom stereocenters. The Labute approximate surface area is 266 Å². The van der Waals surface area contributed by atoms with Crippen molar-refractivity contribution in [3.05, 3.63) is 60.3 Å². The lowest BCUT2D eigenvalue weighted by atomic mass is 9.91. The SMILES string of the molecule is C=C1C[C@H](C)C[C@@H]2CC=C[C@@H](C/C=C\C(=O)O[C@H](C(/C=C/[C@@H]3CC(C)=CCO3)O[Si](C)(C)C(C)(C)C)C[C@@H]3O[C@@H]3[C@H](O)C1)O2. The highest BCUT2D eigenvalue weighted by Crippen LogP contribution is 2.40. The predicted octanol–water partition coefficient (Wildman–Crippen LogP) is 7.13. The van der Waals surface area contributed by atoms with Crippen molar-refractivity contribution in [3.63, 3.8) is 0 Å². The fraction of sp³-hybridized carbons (Fsp3) is 0.694. The Bertz CT molecular complexity index is 1120. The number of rotatable bonds is 5. The molecule has 4 aliphatic heterocycles. The molecule has 1 fully saturated rings. The second-order valence-corrected chi connectivity index (χ2v) is 19.6. The standard InChI is InChI=1S/C36H56O7Si/c1-24-17-18-39-28(20-24)15-16-31(43-44(7,8)36(4,5)6)32-23-33-35(42-33)30(37)22-26(3)19-25(2)21-29-13-9-11-27(40-29)12-10-14-34(38)41-32/h9-11,14-17,25,27-33,35,37H,3,12-13,18-23H2,1-2,4-8H3/b14-10-,16-15+/t25-,27-,28+,29-,30+,31?,32-,33-,35+/m0/s1. The first-order chi connectivity index (χ1) is 20.7. The maximum absolute atomic E-state index is 13.3. The number of carbonyl (C=O) groups is 1. The molecule has 4 rings (SSSR count). The Morgan fingerprint density at radius 2 is 1.89 bits per heavy atom. The number of esters is 1. The summed E-state index contributed by atoms with van der Waals surface area (Å²) in [6.07, 6.45) is 16.5. The van der Waals surface area contributed by atoms with Gasteiger partial charge in [-0.15, -0.1) is 0 Å². The van der Waals surface area contributed by atoms with E-state index in [1.807, 2.05) is 12.2 Å². The second-order valence-electron chi connectivity index (χ2n) is 14.9. The summed E-state index contributed by atoms with van der Waals surface area (Å²) in [5.74, 6) is -0.0267. The van der Waals surface area contributed by atoms with E-state index in [2.05, 4.69) is 78.6 Å². The number of aliphatic hydroxyl groups is 1. The van der Waals surface area contributed by atoms with Crippen LogP contribution in [-0.2, 0) is 28.2 Å². The molecule has 0 aromatic heterocycles. The molecule has 1 N–H and O–H groups in total. The maximum atomic E-state index is 13.3. The number of epoxide rings is 1. The number of carbonyl (C=O) groups excluding carboxylic acids is 1. The van der Waals surface area contributed by atoms with Crippen molar-refractivity contribution in [1.82, 2.24) is 0 Å². The van der Waals surface area contributed by atoms with Gasteiger partial charge in [0.25, 0.3) is 0 Å². The molecule has 0 aromatic rings. The third-order valence-corrected chi connectivity index (χ3v) is 14.1.